The Balaban J connectivity index is 2.46. The smallest absolute Gasteiger partial charge is 0.343 e. The zero-order valence-corrected chi connectivity index (χ0v) is 17.6. The van der Waals surface area contributed by atoms with Crippen molar-refractivity contribution in [1.29, 1.82) is 0 Å². The van der Waals surface area contributed by atoms with Gasteiger partial charge in [-0.25, -0.2) is 14.2 Å². The number of esters is 1. The van der Waals surface area contributed by atoms with Gasteiger partial charge < -0.3 is 14.7 Å². The van der Waals surface area contributed by atoms with Crippen molar-refractivity contribution in [3.63, 3.8) is 0 Å². The van der Waals surface area contributed by atoms with Gasteiger partial charge in [0.15, 0.2) is 5.82 Å². The van der Waals surface area contributed by atoms with Gasteiger partial charge in [-0.3, -0.25) is 4.99 Å². The Hall–Kier alpha value is -2.48. The molecule has 9 heteroatoms. The molecule has 0 radical (unpaired) electrons. The number of pyridine rings is 1. The summed E-state index contributed by atoms with van der Waals surface area (Å²) >= 11 is 11.6. The highest BCUT2D eigenvalue weighted by atomic mass is 35.5. The Morgan fingerprint density at radius 2 is 1.97 bits per heavy atom. The lowest BCUT2D eigenvalue weighted by molar-refractivity contribution is -0.137. The minimum Gasteiger partial charge on any atom is -0.506 e. The van der Waals surface area contributed by atoms with Crippen molar-refractivity contribution in [2.24, 2.45) is 4.99 Å². The summed E-state index contributed by atoms with van der Waals surface area (Å²) in [5.41, 5.74) is 0.721. The molecule has 0 spiro atoms. The average molecular weight is 440 g/mol. The number of benzene rings is 1. The van der Waals surface area contributed by atoms with Crippen LogP contribution in [-0.2, 0) is 16.1 Å². The molecule has 154 valence electrons. The molecule has 1 heterocycles. The van der Waals surface area contributed by atoms with Crippen LogP contribution in [0.25, 0.3) is 5.76 Å². The lowest BCUT2D eigenvalue weighted by Crippen LogP contribution is -2.12. The molecule has 0 atom stereocenters. The Morgan fingerprint density at radius 3 is 2.55 bits per heavy atom. The number of hydrogen-bond donors (Lipinski definition) is 1. The molecule has 2 aromatic rings. The summed E-state index contributed by atoms with van der Waals surface area (Å²) in [4.78, 5) is 22.2. The second-order valence-corrected chi connectivity index (χ2v) is 7.00. The fraction of sp³-hybridized carbons (Fsp3) is 0.250. The van der Waals surface area contributed by atoms with Crippen molar-refractivity contribution >= 4 is 46.8 Å². The number of hydrogen-bond acceptors (Lipinski definition) is 6. The van der Waals surface area contributed by atoms with E-state index < -0.39 is 23.1 Å². The molecule has 1 N–H and O–H groups in total. The van der Waals surface area contributed by atoms with Crippen LogP contribution in [0.4, 0.5) is 10.1 Å². The molecule has 29 heavy (non-hydrogen) atoms. The van der Waals surface area contributed by atoms with Gasteiger partial charge in [-0.15, -0.1) is 0 Å². The normalized spacial score (nSPS) is 12.4. The van der Waals surface area contributed by atoms with Crippen LogP contribution in [0.15, 0.2) is 41.0 Å². The highest BCUT2D eigenvalue weighted by Gasteiger charge is 2.23. The molecule has 0 fully saturated rings. The first-order valence-corrected chi connectivity index (χ1v) is 9.38. The summed E-state index contributed by atoms with van der Waals surface area (Å²) in [5.74, 6) is -2.67. The number of halogens is 3. The number of carbonyl (C=O) groups excluding carboxylic acids is 1. The maximum Gasteiger partial charge on any atom is 0.343 e. The number of aromatic nitrogens is 1. The van der Waals surface area contributed by atoms with E-state index in [1.807, 2.05) is 31.1 Å². The number of aliphatic hydroxyl groups excluding tert-OH is 1. The first-order valence-electron chi connectivity index (χ1n) is 8.62. The molecule has 2 rings (SSSR count). The molecule has 0 aliphatic carbocycles. The number of rotatable bonds is 7. The Kier molecular flexibility index (Phi) is 8.13. The van der Waals surface area contributed by atoms with Gasteiger partial charge in [0.05, 0.1) is 29.1 Å². The van der Waals surface area contributed by atoms with Crippen LogP contribution in [0.1, 0.15) is 18.1 Å². The van der Waals surface area contributed by atoms with Crippen molar-refractivity contribution in [1.82, 2.24) is 9.88 Å². The number of nitrogens with zero attached hydrogens (tertiary/aromatic N) is 3. The number of ether oxygens (including phenoxy) is 1. The third-order valence-electron chi connectivity index (χ3n) is 3.69. The van der Waals surface area contributed by atoms with Gasteiger partial charge in [0.25, 0.3) is 0 Å². The van der Waals surface area contributed by atoms with Gasteiger partial charge in [-0.2, -0.15) is 0 Å². The molecule has 1 aromatic carbocycles. The largest absolute Gasteiger partial charge is 0.506 e. The molecule has 0 bridgehead atoms. The Labute approximate surface area is 178 Å². The molecule has 0 aliphatic rings. The lowest BCUT2D eigenvalue weighted by atomic mass is 10.1. The number of aliphatic hydroxyl groups is 1. The van der Waals surface area contributed by atoms with Crippen LogP contribution in [-0.4, -0.2) is 47.9 Å². The van der Waals surface area contributed by atoms with E-state index in [4.69, 9.17) is 27.9 Å². The van der Waals surface area contributed by atoms with Crippen LogP contribution in [0.2, 0.25) is 10.2 Å². The van der Waals surface area contributed by atoms with Gasteiger partial charge in [-0.1, -0.05) is 35.3 Å². The summed E-state index contributed by atoms with van der Waals surface area (Å²) < 4.78 is 19.3. The zero-order valence-electron chi connectivity index (χ0n) is 16.1. The van der Waals surface area contributed by atoms with E-state index in [1.54, 1.807) is 19.1 Å². The van der Waals surface area contributed by atoms with Crippen molar-refractivity contribution in [2.75, 3.05) is 20.7 Å². The quantitative estimate of drug-likeness (QED) is 0.220. The third-order valence-corrected chi connectivity index (χ3v) is 4.24. The molecule has 0 saturated heterocycles. The molecule has 0 saturated carbocycles. The van der Waals surface area contributed by atoms with Gasteiger partial charge in [0, 0.05) is 12.8 Å². The fourth-order valence-electron chi connectivity index (χ4n) is 2.39. The van der Waals surface area contributed by atoms with E-state index in [2.05, 4.69) is 9.98 Å². The van der Waals surface area contributed by atoms with Crippen LogP contribution < -0.4 is 0 Å². The molecule has 0 aliphatic heterocycles. The summed E-state index contributed by atoms with van der Waals surface area (Å²) in [7, 11) is 3.92. The van der Waals surface area contributed by atoms with Gasteiger partial charge in [0.1, 0.15) is 16.5 Å². The van der Waals surface area contributed by atoms with E-state index in [-0.39, 0.29) is 22.4 Å². The maximum absolute atomic E-state index is 14.4. The van der Waals surface area contributed by atoms with Crippen LogP contribution in [0.3, 0.4) is 0 Å². The zero-order chi connectivity index (χ0) is 21.6. The minimum atomic E-state index is -1.01. The van der Waals surface area contributed by atoms with E-state index in [0.29, 0.717) is 5.69 Å². The monoisotopic (exact) mass is 439 g/mol. The number of carbonyl (C=O) groups is 1. The van der Waals surface area contributed by atoms with Gasteiger partial charge >= 0.3 is 5.97 Å². The molecular weight excluding hydrogens is 420 g/mol. The topological polar surface area (TPSA) is 75.0 Å². The summed E-state index contributed by atoms with van der Waals surface area (Å²) in [6.45, 7) is 2.41. The predicted molar refractivity (Wildman–Crippen MR) is 112 cm³/mol. The average Bonchev–Trinajstić information content (AvgIpc) is 2.66. The first kappa shape index (κ1) is 22.8. The van der Waals surface area contributed by atoms with E-state index >= 15 is 0 Å². The summed E-state index contributed by atoms with van der Waals surface area (Å²) in [6.07, 6.45) is 2.09. The standard InChI is InChI=1S/C20H20Cl2FN3O3/c1-4-29-20(28)14(18(27)16-17(23)15(21)10-25-19(16)22)9-24-13-7-5-12(6-8-13)11-26(2)3/h5-10,27H,4,11H2,1-3H3. The van der Waals surface area contributed by atoms with Crippen molar-refractivity contribution < 1.29 is 19.0 Å². The van der Waals surface area contributed by atoms with Crippen LogP contribution in [0, 0.1) is 5.82 Å². The Morgan fingerprint density at radius 1 is 1.31 bits per heavy atom. The van der Waals surface area contributed by atoms with Crippen molar-refractivity contribution in [3.8, 4) is 0 Å². The summed E-state index contributed by atoms with van der Waals surface area (Å²) in [5, 5.41) is 9.84. The Bertz CT molecular complexity index is 945. The second kappa shape index (κ2) is 10.3. The van der Waals surface area contributed by atoms with Crippen LogP contribution in [0.5, 0.6) is 0 Å². The molecule has 6 nitrogen and oxygen atoms in total. The third kappa shape index (κ3) is 6.00. The highest BCUT2D eigenvalue weighted by Crippen LogP contribution is 2.30. The number of aliphatic imine (C=N–C) groups is 1. The van der Waals surface area contributed by atoms with Crippen molar-refractivity contribution in [2.45, 2.75) is 13.5 Å². The molecule has 0 unspecified atom stereocenters. The molecule has 1 aromatic heterocycles. The molecular formula is C20H20Cl2FN3O3. The second-order valence-electron chi connectivity index (χ2n) is 6.23. The highest BCUT2D eigenvalue weighted by molar-refractivity contribution is 6.33. The lowest BCUT2D eigenvalue weighted by Gasteiger charge is -2.10. The molecule has 0 amide bonds. The van der Waals surface area contributed by atoms with Crippen LogP contribution >= 0.6 is 23.2 Å². The summed E-state index contributed by atoms with van der Waals surface area (Å²) in [6, 6.07) is 7.28. The first-order chi connectivity index (χ1) is 13.7. The SMILES string of the molecule is CCOC(=O)C(C=Nc1ccc(CN(C)C)cc1)=C(O)c1c(Cl)ncc(Cl)c1F. The predicted octanol–water partition coefficient (Wildman–Crippen LogP) is 4.82. The maximum atomic E-state index is 14.4. The van der Waals surface area contributed by atoms with Gasteiger partial charge in [0.2, 0.25) is 0 Å². The van der Waals surface area contributed by atoms with Crippen molar-refractivity contribution in [3.05, 3.63) is 63.2 Å². The van der Waals surface area contributed by atoms with Gasteiger partial charge in [-0.05, 0) is 38.7 Å². The van der Waals surface area contributed by atoms with E-state index in [9.17, 15) is 14.3 Å². The fourth-order valence-corrected chi connectivity index (χ4v) is 2.76. The van der Waals surface area contributed by atoms with E-state index in [1.165, 1.54) is 0 Å². The minimum absolute atomic E-state index is 0.0483. The van der Waals surface area contributed by atoms with E-state index in [0.717, 1.165) is 24.5 Å².